The second-order valence-electron chi connectivity index (χ2n) is 8.58. The predicted molar refractivity (Wildman–Crippen MR) is 101 cm³/mol. The van der Waals surface area contributed by atoms with Gasteiger partial charge in [0.1, 0.15) is 11.4 Å². The summed E-state index contributed by atoms with van der Waals surface area (Å²) in [5.41, 5.74) is -0.443. The maximum absolute atomic E-state index is 12.8. The Hall–Kier alpha value is -1.44. The minimum Gasteiger partial charge on any atom is -0.376 e. The summed E-state index contributed by atoms with van der Waals surface area (Å²) in [5, 5.41) is 3.04. The van der Waals surface area contributed by atoms with Crippen LogP contribution in [-0.4, -0.2) is 65.4 Å². The van der Waals surface area contributed by atoms with E-state index >= 15 is 0 Å². The van der Waals surface area contributed by atoms with Crippen LogP contribution in [0.5, 0.6) is 0 Å². The van der Waals surface area contributed by atoms with Gasteiger partial charge >= 0.3 is 0 Å². The Bertz CT molecular complexity index is 645. The van der Waals surface area contributed by atoms with Crippen LogP contribution in [0.4, 0.5) is 0 Å². The SMILES string of the molecule is CC(C)CN1CCC2(CC1)O[C@@H](C(=O)NC[C@@H]1CCCO1)Cn1ccnc12. The quantitative estimate of drug-likeness (QED) is 0.844. The molecule has 0 radical (unpaired) electrons. The number of carbonyl (C=O) groups excluding carboxylic acids is 1. The Labute approximate surface area is 161 Å². The number of likely N-dealkylation sites (tertiary alicyclic amines) is 1. The zero-order valence-electron chi connectivity index (χ0n) is 16.5. The highest BCUT2D eigenvalue weighted by Gasteiger charge is 2.47. The fraction of sp³-hybridized carbons (Fsp3) is 0.800. The molecule has 0 saturated carbocycles. The number of imidazole rings is 1. The van der Waals surface area contributed by atoms with Gasteiger partial charge in [-0.05, 0) is 31.6 Å². The molecule has 2 fully saturated rings. The number of aromatic nitrogens is 2. The molecule has 0 bridgehead atoms. The molecule has 1 N–H and O–H groups in total. The summed E-state index contributed by atoms with van der Waals surface area (Å²) in [6, 6.07) is 0. The van der Waals surface area contributed by atoms with Crippen molar-refractivity contribution in [3.63, 3.8) is 0 Å². The molecule has 4 rings (SSSR count). The first-order chi connectivity index (χ1) is 13.1. The van der Waals surface area contributed by atoms with Gasteiger partial charge in [0.25, 0.3) is 5.91 Å². The molecule has 7 nitrogen and oxygen atoms in total. The minimum absolute atomic E-state index is 0.0335. The summed E-state index contributed by atoms with van der Waals surface area (Å²) in [6.45, 7) is 9.48. The third-order valence-electron chi connectivity index (χ3n) is 5.96. The Balaban J connectivity index is 1.42. The maximum atomic E-state index is 12.8. The second-order valence-corrected chi connectivity index (χ2v) is 8.58. The molecule has 3 aliphatic heterocycles. The van der Waals surface area contributed by atoms with Crippen molar-refractivity contribution < 1.29 is 14.3 Å². The fourth-order valence-electron chi connectivity index (χ4n) is 4.62. The van der Waals surface area contributed by atoms with Gasteiger partial charge in [0, 0.05) is 45.2 Å². The zero-order valence-corrected chi connectivity index (χ0v) is 16.5. The molecule has 0 aliphatic carbocycles. The fourth-order valence-corrected chi connectivity index (χ4v) is 4.62. The lowest BCUT2D eigenvalue weighted by Crippen LogP contribution is -2.54. The number of rotatable bonds is 5. The summed E-state index contributed by atoms with van der Waals surface area (Å²) in [6.07, 6.45) is 7.34. The number of fused-ring (bicyclic) bond motifs is 2. The van der Waals surface area contributed by atoms with E-state index in [2.05, 4.69) is 33.6 Å². The van der Waals surface area contributed by atoms with Crippen LogP contribution in [0.1, 0.15) is 45.4 Å². The second kappa shape index (κ2) is 7.89. The average molecular weight is 377 g/mol. The lowest BCUT2D eigenvalue weighted by atomic mass is 9.88. The third kappa shape index (κ3) is 4.05. The number of piperidine rings is 1. The van der Waals surface area contributed by atoms with Crippen LogP contribution >= 0.6 is 0 Å². The largest absolute Gasteiger partial charge is 0.376 e. The Kier molecular flexibility index (Phi) is 5.53. The first-order valence-electron chi connectivity index (χ1n) is 10.4. The van der Waals surface area contributed by atoms with Crippen LogP contribution < -0.4 is 5.32 Å². The summed E-state index contributed by atoms with van der Waals surface area (Å²) >= 11 is 0. The topological polar surface area (TPSA) is 68.6 Å². The number of hydrogen-bond acceptors (Lipinski definition) is 5. The molecule has 1 aromatic heterocycles. The van der Waals surface area contributed by atoms with Crippen molar-refractivity contribution in [2.24, 2.45) is 5.92 Å². The van der Waals surface area contributed by atoms with Crippen LogP contribution in [-0.2, 0) is 26.4 Å². The Morgan fingerprint density at radius 1 is 1.41 bits per heavy atom. The van der Waals surface area contributed by atoms with Gasteiger partial charge in [0.15, 0.2) is 6.10 Å². The standard InChI is InChI=1S/C20H32N4O3/c1-15(2)13-23-8-5-20(6-9-23)19-21-7-10-24(19)14-17(27-20)18(25)22-12-16-4-3-11-26-16/h7,10,15-17H,3-6,8-9,11-14H2,1-2H3,(H,22,25)/t16-,17+/m0/s1. The van der Waals surface area contributed by atoms with Gasteiger partial charge in [-0.15, -0.1) is 0 Å². The first kappa shape index (κ1) is 18.9. The van der Waals surface area contributed by atoms with Crippen molar-refractivity contribution >= 4 is 5.91 Å². The number of hydrogen-bond donors (Lipinski definition) is 1. The number of nitrogens with zero attached hydrogens (tertiary/aromatic N) is 3. The monoisotopic (exact) mass is 376 g/mol. The van der Waals surface area contributed by atoms with E-state index in [0.29, 0.717) is 19.0 Å². The van der Waals surface area contributed by atoms with Crippen LogP contribution in [0.15, 0.2) is 12.4 Å². The molecule has 1 spiro atoms. The van der Waals surface area contributed by atoms with Crippen LogP contribution in [0.25, 0.3) is 0 Å². The Morgan fingerprint density at radius 2 is 2.22 bits per heavy atom. The smallest absolute Gasteiger partial charge is 0.251 e. The van der Waals surface area contributed by atoms with Gasteiger partial charge in [-0.3, -0.25) is 4.79 Å². The van der Waals surface area contributed by atoms with Gasteiger partial charge in [-0.1, -0.05) is 13.8 Å². The van der Waals surface area contributed by atoms with Crippen molar-refractivity contribution in [2.75, 3.05) is 32.8 Å². The Morgan fingerprint density at radius 3 is 2.93 bits per heavy atom. The van der Waals surface area contributed by atoms with Crippen LogP contribution in [0.2, 0.25) is 0 Å². The van der Waals surface area contributed by atoms with E-state index in [-0.39, 0.29) is 12.0 Å². The molecule has 3 aliphatic rings. The molecule has 1 amide bonds. The van der Waals surface area contributed by atoms with E-state index in [1.165, 1.54) is 0 Å². The van der Waals surface area contributed by atoms with E-state index in [1.54, 1.807) is 0 Å². The molecular formula is C20H32N4O3. The van der Waals surface area contributed by atoms with Crippen LogP contribution in [0.3, 0.4) is 0 Å². The number of ether oxygens (including phenoxy) is 2. The summed E-state index contributed by atoms with van der Waals surface area (Å²) < 4.78 is 14.2. The number of nitrogens with one attached hydrogen (secondary N) is 1. The molecule has 0 aromatic carbocycles. The highest BCUT2D eigenvalue weighted by atomic mass is 16.5. The molecule has 2 atom stereocenters. The van der Waals surface area contributed by atoms with E-state index in [4.69, 9.17) is 9.47 Å². The van der Waals surface area contributed by atoms with Crippen molar-refractivity contribution in [2.45, 2.75) is 63.9 Å². The first-order valence-corrected chi connectivity index (χ1v) is 10.4. The number of carbonyl (C=O) groups is 1. The normalized spacial score (nSPS) is 27.8. The van der Waals surface area contributed by atoms with Gasteiger partial charge in [0.2, 0.25) is 0 Å². The minimum atomic E-state index is -0.468. The van der Waals surface area contributed by atoms with Crippen LogP contribution in [0, 0.1) is 5.92 Å². The lowest BCUT2D eigenvalue weighted by Gasteiger charge is -2.45. The molecule has 1 aromatic rings. The van der Waals surface area contributed by atoms with Crippen molar-refractivity contribution in [1.82, 2.24) is 19.8 Å². The summed E-state index contributed by atoms with van der Waals surface area (Å²) in [7, 11) is 0. The highest BCUT2D eigenvalue weighted by Crippen LogP contribution is 2.40. The van der Waals surface area contributed by atoms with Crippen molar-refractivity contribution in [1.29, 1.82) is 0 Å². The van der Waals surface area contributed by atoms with Crippen molar-refractivity contribution in [3.05, 3.63) is 18.2 Å². The molecule has 150 valence electrons. The molecule has 0 unspecified atom stereocenters. The molecule has 2 saturated heterocycles. The van der Waals surface area contributed by atoms with Gasteiger partial charge in [-0.2, -0.15) is 0 Å². The maximum Gasteiger partial charge on any atom is 0.251 e. The van der Waals surface area contributed by atoms with Gasteiger partial charge < -0.3 is 24.3 Å². The van der Waals surface area contributed by atoms with E-state index < -0.39 is 11.7 Å². The number of amides is 1. The molecular weight excluding hydrogens is 344 g/mol. The van der Waals surface area contributed by atoms with Gasteiger partial charge in [-0.25, -0.2) is 4.98 Å². The molecule has 7 heteroatoms. The summed E-state index contributed by atoms with van der Waals surface area (Å²) in [5.74, 6) is 1.60. The van der Waals surface area contributed by atoms with E-state index in [1.807, 2.05) is 12.4 Å². The van der Waals surface area contributed by atoms with Gasteiger partial charge in [0.05, 0.1) is 12.6 Å². The molecule has 27 heavy (non-hydrogen) atoms. The highest BCUT2D eigenvalue weighted by molar-refractivity contribution is 5.81. The third-order valence-corrected chi connectivity index (χ3v) is 5.96. The van der Waals surface area contributed by atoms with E-state index in [9.17, 15) is 4.79 Å². The predicted octanol–water partition coefficient (Wildman–Crippen LogP) is 1.52. The average Bonchev–Trinajstić information content (AvgIpc) is 3.33. The van der Waals surface area contributed by atoms with E-state index in [0.717, 1.165) is 57.7 Å². The zero-order chi connectivity index (χ0) is 18.9. The summed E-state index contributed by atoms with van der Waals surface area (Å²) in [4.78, 5) is 19.9. The molecule has 4 heterocycles. The lowest BCUT2D eigenvalue weighted by molar-refractivity contribution is -0.174. The van der Waals surface area contributed by atoms with Crippen molar-refractivity contribution in [3.8, 4) is 0 Å².